The molecule has 1 aromatic rings. The molecule has 1 N–H and O–H groups in total. The minimum atomic E-state index is -0.127. The monoisotopic (exact) mass is 243 g/mol. The summed E-state index contributed by atoms with van der Waals surface area (Å²) in [6.45, 7) is 6.42. The van der Waals surface area contributed by atoms with Gasteiger partial charge in [-0.15, -0.1) is 12.4 Å². The molecule has 0 spiro atoms. The van der Waals surface area contributed by atoms with Crippen LogP contribution in [0.25, 0.3) is 0 Å². The van der Waals surface area contributed by atoms with Crippen molar-refractivity contribution in [3.63, 3.8) is 0 Å². The first kappa shape index (κ1) is 13.5. The molecule has 0 radical (unpaired) electrons. The highest BCUT2D eigenvalue weighted by atomic mass is 35.5. The number of piperidine rings is 1. The molecule has 1 saturated heterocycles. The van der Waals surface area contributed by atoms with Gasteiger partial charge in [0.05, 0.1) is 0 Å². The first-order valence-corrected chi connectivity index (χ1v) is 5.65. The Bertz CT molecular complexity index is 354. The molecular formula is C13H19ClFN. The van der Waals surface area contributed by atoms with Crippen LogP contribution >= 0.6 is 12.4 Å². The normalized spacial score (nSPS) is 24.9. The summed E-state index contributed by atoms with van der Waals surface area (Å²) in [5, 5.41) is 3.39. The first-order valence-electron chi connectivity index (χ1n) is 5.65. The summed E-state index contributed by atoms with van der Waals surface area (Å²) in [7, 11) is 0. The number of rotatable bonds is 1. The topological polar surface area (TPSA) is 12.0 Å². The Labute approximate surface area is 103 Å². The van der Waals surface area contributed by atoms with Crippen molar-refractivity contribution >= 4 is 12.4 Å². The van der Waals surface area contributed by atoms with Gasteiger partial charge >= 0.3 is 0 Å². The number of hydrogen-bond donors (Lipinski definition) is 1. The molecule has 90 valence electrons. The molecule has 0 amide bonds. The van der Waals surface area contributed by atoms with Crippen LogP contribution in [-0.2, 0) is 0 Å². The number of hydrogen-bond acceptors (Lipinski definition) is 1. The molecule has 0 aromatic heterocycles. The Morgan fingerprint density at radius 3 is 2.75 bits per heavy atom. The van der Waals surface area contributed by atoms with E-state index in [9.17, 15) is 4.39 Å². The average molecular weight is 244 g/mol. The van der Waals surface area contributed by atoms with Crippen LogP contribution in [0.4, 0.5) is 4.39 Å². The third kappa shape index (κ3) is 2.74. The van der Waals surface area contributed by atoms with E-state index in [1.165, 1.54) is 5.56 Å². The Hall–Kier alpha value is -0.600. The minimum absolute atomic E-state index is 0. The van der Waals surface area contributed by atoms with Crippen LogP contribution in [0.2, 0.25) is 0 Å². The zero-order valence-electron chi connectivity index (χ0n) is 9.79. The third-order valence-corrected chi connectivity index (χ3v) is 3.42. The zero-order chi connectivity index (χ0) is 10.8. The second-order valence-corrected chi connectivity index (χ2v) is 4.58. The summed E-state index contributed by atoms with van der Waals surface area (Å²) in [6, 6.07) is 5.18. The zero-order valence-corrected chi connectivity index (χ0v) is 10.6. The number of nitrogens with one attached hydrogen (secondary N) is 1. The summed E-state index contributed by atoms with van der Waals surface area (Å²) in [6.07, 6.45) is 1.16. The fourth-order valence-corrected chi connectivity index (χ4v) is 2.53. The van der Waals surface area contributed by atoms with Crippen molar-refractivity contribution in [1.82, 2.24) is 5.32 Å². The standard InChI is InChI=1S/C13H18FN.ClH/c1-9-7-11(14)3-4-12(9)13-5-6-15-8-10(13)2;/h3-4,7,10,13,15H,5-6,8H2,1-2H3;1H/t10-,13+;/m0./s1. The molecule has 3 heteroatoms. The maximum absolute atomic E-state index is 13.0. The van der Waals surface area contributed by atoms with Crippen molar-refractivity contribution in [2.75, 3.05) is 13.1 Å². The van der Waals surface area contributed by atoms with Crippen molar-refractivity contribution in [3.05, 3.63) is 35.1 Å². The van der Waals surface area contributed by atoms with E-state index < -0.39 is 0 Å². The van der Waals surface area contributed by atoms with Gasteiger partial charge in [-0.1, -0.05) is 13.0 Å². The smallest absolute Gasteiger partial charge is 0.123 e. The van der Waals surface area contributed by atoms with Gasteiger partial charge in [-0.25, -0.2) is 4.39 Å². The maximum atomic E-state index is 13.0. The second-order valence-electron chi connectivity index (χ2n) is 4.58. The molecule has 1 aromatic carbocycles. The highest BCUT2D eigenvalue weighted by Crippen LogP contribution is 2.32. The predicted molar refractivity (Wildman–Crippen MR) is 67.8 cm³/mol. The van der Waals surface area contributed by atoms with E-state index in [4.69, 9.17) is 0 Å². The lowest BCUT2D eigenvalue weighted by atomic mass is 9.80. The number of benzene rings is 1. The SMILES string of the molecule is Cc1cc(F)ccc1[C@@H]1CCNC[C@@H]1C.Cl. The molecule has 1 aliphatic rings. The molecule has 0 unspecified atom stereocenters. The van der Waals surface area contributed by atoms with E-state index in [0.717, 1.165) is 25.1 Å². The van der Waals surface area contributed by atoms with Crippen LogP contribution in [-0.4, -0.2) is 13.1 Å². The molecule has 2 rings (SSSR count). The van der Waals surface area contributed by atoms with Gasteiger partial charge in [-0.05, 0) is 61.5 Å². The maximum Gasteiger partial charge on any atom is 0.123 e. The minimum Gasteiger partial charge on any atom is -0.316 e. The number of halogens is 2. The predicted octanol–water partition coefficient (Wildman–Crippen LogP) is 3.27. The van der Waals surface area contributed by atoms with Crippen LogP contribution in [0.15, 0.2) is 18.2 Å². The highest BCUT2D eigenvalue weighted by molar-refractivity contribution is 5.85. The van der Waals surface area contributed by atoms with Crippen molar-refractivity contribution in [2.24, 2.45) is 5.92 Å². The van der Waals surface area contributed by atoms with Crippen molar-refractivity contribution in [3.8, 4) is 0 Å². The van der Waals surface area contributed by atoms with Gasteiger partial charge in [-0.3, -0.25) is 0 Å². The fraction of sp³-hybridized carbons (Fsp3) is 0.538. The lowest BCUT2D eigenvalue weighted by molar-refractivity contribution is 0.348. The van der Waals surface area contributed by atoms with Gasteiger partial charge < -0.3 is 5.32 Å². The fourth-order valence-electron chi connectivity index (χ4n) is 2.53. The summed E-state index contributed by atoms with van der Waals surface area (Å²) < 4.78 is 13.0. The summed E-state index contributed by atoms with van der Waals surface area (Å²) in [4.78, 5) is 0. The molecule has 16 heavy (non-hydrogen) atoms. The highest BCUT2D eigenvalue weighted by Gasteiger charge is 2.23. The first-order chi connectivity index (χ1) is 7.18. The Morgan fingerprint density at radius 2 is 2.12 bits per heavy atom. The molecule has 0 aliphatic carbocycles. The van der Waals surface area contributed by atoms with E-state index in [-0.39, 0.29) is 18.2 Å². The molecule has 1 nitrogen and oxygen atoms in total. The second kappa shape index (κ2) is 5.65. The Morgan fingerprint density at radius 1 is 1.38 bits per heavy atom. The summed E-state index contributed by atoms with van der Waals surface area (Å²) in [5.41, 5.74) is 2.42. The van der Waals surface area contributed by atoms with Crippen molar-refractivity contribution in [2.45, 2.75) is 26.2 Å². The largest absolute Gasteiger partial charge is 0.316 e. The molecule has 1 heterocycles. The molecular weight excluding hydrogens is 225 g/mol. The van der Waals surface area contributed by atoms with Gasteiger partial charge in [0.15, 0.2) is 0 Å². The molecule has 1 aliphatic heterocycles. The van der Waals surface area contributed by atoms with E-state index in [1.54, 1.807) is 12.1 Å². The van der Waals surface area contributed by atoms with Crippen molar-refractivity contribution in [1.29, 1.82) is 0 Å². The molecule has 0 saturated carbocycles. The quantitative estimate of drug-likeness (QED) is 0.798. The summed E-state index contributed by atoms with van der Waals surface area (Å²) >= 11 is 0. The molecule has 1 fully saturated rings. The van der Waals surface area contributed by atoms with Crippen LogP contribution in [0.1, 0.15) is 30.4 Å². The van der Waals surface area contributed by atoms with Gasteiger partial charge in [0.2, 0.25) is 0 Å². The third-order valence-electron chi connectivity index (χ3n) is 3.42. The van der Waals surface area contributed by atoms with Crippen LogP contribution in [0.3, 0.4) is 0 Å². The Balaban J connectivity index is 0.00000128. The average Bonchev–Trinajstić information content (AvgIpc) is 2.20. The van der Waals surface area contributed by atoms with Gasteiger partial charge in [0.1, 0.15) is 5.82 Å². The summed E-state index contributed by atoms with van der Waals surface area (Å²) in [5.74, 6) is 1.10. The van der Waals surface area contributed by atoms with E-state index in [0.29, 0.717) is 11.8 Å². The number of aryl methyl sites for hydroxylation is 1. The van der Waals surface area contributed by atoms with Crippen LogP contribution in [0.5, 0.6) is 0 Å². The van der Waals surface area contributed by atoms with Gasteiger partial charge in [0, 0.05) is 0 Å². The lowest BCUT2D eigenvalue weighted by Gasteiger charge is -2.30. The van der Waals surface area contributed by atoms with Crippen LogP contribution in [0, 0.1) is 18.7 Å². The Kier molecular flexibility index (Phi) is 4.75. The van der Waals surface area contributed by atoms with Gasteiger partial charge in [-0.2, -0.15) is 0 Å². The lowest BCUT2D eigenvalue weighted by Crippen LogP contribution is -2.34. The van der Waals surface area contributed by atoms with E-state index in [2.05, 4.69) is 12.2 Å². The molecule has 2 atom stereocenters. The van der Waals surface area contributed by atoms with Crippen molar-refractivity contribution < 1.29 is 4.39 Å². The van der Waals surface area contributed by atoms with Gasteiger partial charge in [0.25, 0.3) is 0 Å². The van der Waals surface area contributed by atoms with Crippen LogP contribution < -0.4 is 5.32 Å². The molecule has 0 bridgehead atoms. The van der Waals surface area contributed by atoms with E-state index in [1.807, 2.05) is 13.0 Å². The van der Waals surface area contributed by atoms with E-state index >= 15 is 0 Å².